The van der Waals surface area contributed by atoms with Crippen molar-refractivity contribution in [1.29, 1.82) is 0 Å². The van der Waals surface area contributed by atoms with Gasteiger partial charge in [-0.2, -0.15) is 4.98 Å². The number of aliphatic imine (C=N–C) groups is 1. The molecule has 1 atom stereocenters. The van der Waals surface area contributed by atoms with E-state index in [1.165, 1.54) is 32.2 Å². The van der Waals surface area contributed by atoms with Crippen LogP contribution in [0, 0.1) is 6.92 Å². The Bertz CT molecular complexity index is 487. The zero-order valence-electron chi connectivity index (χ0n) is 14.6. The molecular formula is C16H30N6O. The molecule has 1 aliphatic rings. The van der Waals surface area contributed by atoms with Crippen LogP contribution in [-0.4, -0.2) is 60.3 Å². The number of hydrogen-bond donors (Lipinski definition) is 2. The third-order valence-electron chi connectivity index (χ3n) is 4.34. The first-order valence-electron chi connectivity index (χ1n) is 8.70. The Morgan fingerprint density at radius 1 is 1.35 bits per heavy atom. The fraction of sp³-hybridized carbons (Fsp3) is 0.812. The quantitative estimate of drug-likeness (QED) is 0.583. The molecule has 1 unspecified atom stereocenters. The van der Waals surface area contributed by atoms with E-state index in [9.17, 15) is 0 Å². The van der Waals surface area contributed by atoms with Gasteiger partial charge in [0.25, 0.3) is 0 Å². The van der Waals surface area contributed by atoms with Gasteiger partial charge in [-0.25, -0.2) is 0 Å². The fourth-order valence-electron chi connectivity index (χ4n) is 3.08. The van der Waals surface area contributed by atoms with E-state index in [1.54, 1.807) is 7.05 Å². The molecule has 0 bridgehead atoms. The van der Waals surface area contributed by atoms with Crippen LogP contribution in [0.2, 0.25) is 0 Å². The van der Waals surface area contributed by atoms with Crippen molar-refractivity contribution in [1.82, 2.24) is 25.7 Å². The average molecular weight is 322 g/mol. The van der Waals surface area contributed by atoms with Crippen molar-refractivity contribution in [2.75, 3.05) is 33.2 Å². The van der Waals surface area contributed by atoms with Crippen molar-refractivity contribution in [2.45, 2.75) is 52.0 Å². The molecule has 1 aromatic heterocycles. The van der Waals surface area contributed by atoms with E-state index in [-0.39, 0.29) is 0 Å². The van der Waals surface area contributed by atoms with Crippen LogP contribution in [0.25, 0.3) is 0 Å². The van der Waals surface area contributed by atoms with Crippen LogP contribution >= 0.6 is 0 Å². The first-order valence-corrected chi connectivity index (χ1v) is 8.70. The number of nitrogens with one attached hydrogen (secondary N) is 2. The van der Waals surface area contributed by atoms with E-state index in [0.717, 1.165) is 31.6 Å². The minimum atomic E-state index is 0.657. The number of guanidine groups is 1. The van der Waals surface area contributed by atoms with Crippen LogP contribution in [0.5, 0.6) is 0 Å². The molecule has 0 aromatic carbocycles. The van der Waals surface area contributed by atoms with Gasteiger partial charge in [0.1, 0.15) is 0 Å². The first-order chi connectivity index (χ1) is 11.2. The van der Waals surface area contributed by atoms with Gasteiger partial charge >= 0.3 is 0 Å². The first kappa shape index (κ1) is 17.7. The van der Waals surface area contributed by atoms with Crippen LogP contribution in [0.15, 0.2) is 9.52 Å². The van der Waals surface area contributed by atoms with Crippen molar-refractivity contribution >= 4 is 5.96 Å². The number of nitrogens with zero attached hydrogens (tertiary/aromatic N) is 4. The van der Waals surface area contributed by atoms with Gasteiger partial charge in [-0.05, 0) is 32.7 Å². The molecule has 1 aliphatic heterocycles. The molecule has 0 saturated carbocycles. The highest BCUT2D eigenvalue weighted by Crippen LogP contribution is 2.18. The zero-order valence-corrected chi connectivity index (χ0v) is 14.6. The molecule has 0 aliphatic carbocycles. The van der Waals surface area contributed by atoms with E-state index >= 15 is 0 Å². The monoisotopic (exact) mass is 322 g/mol. The summed E-state index contributed by atoms with van der Waals surface area (Å²) >= 11 is 0. The summed E-state index contributed by atoms with van der Waals surface area (Å²) in [6.07, 6.45) is 5.99. The second-order valence-electron chi connectivity index (χ2n) is 6.00. The Morgan fingerprint density at radius 3 is 2.87 bits per heavy atom. The highest BCUT2D eigenvalue weighted by atomic mass is 16.5. The number of piperidine rings is 1. The summed E-state index contributed by atoms with van der Waals surface area (Å²) in [5.74, 6) is 2.16. The highest BCUT2D eigenvalue weighted by molar-refractivity contribution is 5.79. The van der Waals surface area contributed by atoms with Gasteiger partial charge in [-0.3, -0.25) is 9.89 Å². The topological polar surface area (TPSA) is 78.6 Å². The predicted molar refractivity (Wildman–Crippen MR) is 91.6 cm³/mol. The van der Waals surface area contributed by atoms with E-state index in [4.69, 9.17) is 4.52 Å². The summed E-state index contributed by atoms with van der Waals surface area (Å²) < 4.78 is 5.10. The van der Waals surface area contributed by atoms with Crippen molar-refractivity contribution in [2.24, 2.45) is 4.99 Å². The molecule has 2 heterocycles. The average Bonchev–Trinajstić information content (AvgIpc) is 2.99. The molecule has 0 spiro atoms. The third kappa shape index (κ3) is 5.82. The van der Waals surface area contributed by atoms with Crippen molar-refractivity contribution in [3.8, 4) is 0 Å². The summed E-state index contributed by atoms with van der Waals surface area (Å²) in [5.41, 5.74) is 0. The molecule has 1 saturated heterocycles. The van der Waals surface area contributed by atoms with Crippen molar-refractivity contribution in [3.05, 3.63) is 11.7 Å². The largest absolute Gasteiger partial charge is 0.356 e. The molecule has 7 nitrogen and oxygen atoms in total. The molecular weight excluding hydrogens is 292 g/mol. The maximum absolute atomic E-state index is 5.10. The summed E-state index contributed by atoms with van der Waals surface area (Å²) in [4.78, 5) is 11.0. The van der Waals surface area contributed by atoms with E-state index < -0.39 is 0 Å². The lowest BCUT2D eigenvalue weighted by atomic mass is 10.0. The van der Waals surface area contributed by atoms with Crippen LogP contribution < -0.4 is 10.6 Å². The number of rotatable bonds is 7. The Morgan fingerprint density at radius 2 is 2.17 bits per heavy atom. The molecule has 2 N–H and O–H groups in total. The van der Waals surface area contributed by atoms with Gasteiger partial charge in [0, 0.05) is 39.1 Å². The minimum Gasteiger partial charge on any atom is -0.356 e. The summed E-state index contributed by atoms with van der Waals surface area (Å²) in [7, 11) is 1.79. The molecule has 0 radical (unpaired) electrons. The normalized spacial score (nSPS) is 19.8. The molecule has 23 heavy (non-hydrogen) atoms. The molecule has 7 heteroatoms. The second-order valence-corrected chi connectivity index (χ2v) is 6.00. The van der Waals surface area contributed by atoms with Gasteiger partial charge in [-0.1, -0.05) is 18.5 Å². The van der Waals surface area contributed by atoms with E-state index in [2.05, 4.69) is 37.6 Å². The van der Waals surface area contributed by atoms with Gasteiger partial charge in [-0.15, -0.1) is 0 Å². The number of aromatic nitrogens is 2. The van der Waals surface area contributed by atoms with Crippen LogP contribution in [0.4, 0.5) is 0 Å². The lowest BCUT2D eigenvalue weighted by Gasteiger charge is -2.35. The maximum Gasteiger partial charge on any atom is 0.228 e. The smallest absolute Gasteiger partial charge is 0.228 e. The van der Waals surface area contributed by atoms with Gasteiger partial charge in [0.15, 0.2) is 11.8 Å². The zero-order chi connectivity index (χ0) is 16.5. The molecule has 1 fully saturated rings. The maximum atomic E-state index is 5.10. The lowest BCUT2D eigenvalue weighted by molar-refractivity contribution is 0.147. The van der Waals surface area contributed by atoms with E-state index in [0.29, 0.717) is 18.1 Å². The van der Waals surface area contributed by atoms with Crippen molar-refractivity contribution < 1.29 is 4.52 Å². The number of likely N-dealkylation sites (tertiary alicyclic amines) is 1. The highest BCUT2D eigenvalue weighted by Gasteiger charge is 2.19. The Hall–Kier alpha value is -1.63. The fourth-order valence-corrected chi connectivity index (χ4v) is 3.08. The van der Waals surface area contributed by atoms with Gasteiger partial charge in [0.2, 0.25) is 5.89 Å². The number of hydrogen-bond acceptors (Lipinski definition) is 5. The number of aryl methyl sites for hydroxylation is 1. The predicted octanol–water partition coefficient (Wildman–Crippen LogP) is 1.35. The van der Waals surface area contributed by atoms with Gasteiger partial charge in [0.05, 0.1) is 0 Å². The minimum absolute atomic E-state index is 0.657. The van der Waals surface area contributed by atoms with Crippen LogP contribution in [0.1, 0.15) is 44.3 Å². The summed E-state index contributed by atoms with van der Waals surface area (Å²) in [5, 5.41) is 10.5. The molecule has 130 valence electrons. The standard InChI is InChI=1S/C16H30N6O/c1-4-14-7-5-6-11-22(14)12-10-19-16(17-3)18-9-8-15-20-13(2)21-23-15/h14H,4-12H2,1-3H3,(H2,17,18,19). The third-order valence-corrected chi connectivity index (χ3v) is 4.34. The molecule has 1 aromatic rings. The van der Waals surface area contributed by atoms with E-state index in [1.807, 2.05) is 6.92 Å². The SMILES string of the molecule is CCC1CCCCN1CCNC(=NC)NCCc1nc(C)no1. The Kier molecular flexibility index (Phi) is 7.32. The van der Waals surface area contributed by atoms with Crippen LogP contribution in [-0.2, 0) is 6.42 Å². The molecule has 2 rings (SSSR count). The van der Waals surface area contributed by atoms with Crippen LogP contribution in [0.3, 0.4) is 0 Å². The van der Waals surface area contributed by atoms with Crippen molar-refractivity contribution in [3.63, 3.8) is 0 Å². The summed E-state index contributed by atoms with van der Waals surface area (Å²) in [6.45, 7) is 8.05. The molecule has 0 amide bonds. The lowest BCUT2D eigenvalue weighted by Crippen LogP contribution is -2.46. The Labute approximate surface area is 138 Å². The van der Waals surface area contributed by atoms with Gasteiger partial charge < -0.3 is 15.2 Å². The Balaban J connectivity index is 1.64. The second kappa shape index (κ2) is 9.50. The summed E-state index contributed by atoms with van der Waals surface area (Å²) in [6, 6.07) is 0.751.